The molecule has 0 unspecified atom stereocenters. The van der Waals surface area contributed by atoms with Crippen molar-refractivity contribution in [3.63, 3.8) is 0 Å². The molecule has 114 valence electrons. The van der Waals surface area contributed by atoms with E-state index in [4.69, 9.17) is 5.73 Å². The van der Waals surface area contributed by atoms with Crippen LogP contribution in [0.4, 0.5) is 0 Å². The van der Waals surface area contributed by atoms with Gasteiger partial charge in [0.1, 0.15) is 0 Å². The van der Waals surface area contributed by atoms with E-state index in [0.29, 0.717) is 18.0 Å². The fraction of sp³-hybridized carbons (Fsp3) is 0.600. The third-order valence-electron chi connectivity index (χ3n) is 3.63. The van der Waals surface area contributed by atoms with Crippen molar-refractivity contribution in [3.05, 3.63) is 29.3 Å². The summed E-state index contributed by atoms with van der Waals surface area (Å²) in [5.41, 5.74) is 7.34. The van der Waals surface area contributed by atoms with Gasteiger partial charge in [0, 0.05) is 19.1 Å². The summed E-state index contributed by atoms with van der Waals surface area (Å²) in [6.45, 7) is 8.46. The number of nitrogens with zero attached hydrogens (tertiary/aromatic N) is 1. The Balaban J connectivity index is 3.32. The third-order valence-corrected chi connectivity index (χ3v) is 5.72. The summed E-state index contributed by atoms with van der Waals surface area (Å²) in [6, 6.07) is 5.54. The second-order valence-electron chi connectivity index (χ2n) is 5.14. The number of hydrogen-bond acceptors (Lipinski definition) is 3. The van der Waals surface area contributed by atoms with Crippen molar-refractivity contribution >= 4 is 10.0 Å². The molecule has 0 saturated carbocycles. The van der Waals surface area contributed by atoms with E-state index < -0.39 is 10.0 Å². The highest BCUT2D eigenvalue weighted by atomic mass is 32.2. The van der Waals surface area contributed by atoms with E-state index in [1.165, 1.54) is 0 Å². The molecule has 1 rings (SSSR count). The summed E-state index contributed by atoms with van der Waals surface area (Å²) in [5, 5.41) is 0. The monoisotopic (exact) mass is 298 g/mol. The quantitative estimate of drug-likeness (QED) is 0.841. The average Bonchev–Trinajstić information content (AvgIpc) is 2.41. The van der Waals surface area contributed by atoms with Crippen molar-refractivity contribution in [2.24, 2.45) is 5.73 Å². The van der Waals surface area contributed by atoms with Crippen LogP contribution in [0.2, 0.25) is 0 Å². The standard InChI is InChI=1S/C15H26N2O2S/c1-5-14(6-2)17(10-9-16)20(18,19)15-11-12(3)7-8-13(15)4/h7-8,11,14H,5-6,9-10,16H2,1-4H3. The van der Waals surface area contributed by atoms with E-state index in [1.54, 1.807) is 10.4 Å². The maximum absolute atomic E-state index is 12.9. The van der Waals surface area contributed by atoms with Gasteiger partial charge in [0.2, 0.25) is 10.0 Å². The molecular formula is C15H26N2O2S. The maximum Gasteiger partial charge on any atom is 0.243 e. The lowest BCUT2D eigenvalue weighted by molar-refractivity contribution is 0.309. The Kier molecular flexibility index (Phi) is 6.17. The minimum absolute atomic E-state index is 0.00321. The van der Waals surface area contributed by atoms with Gasteiger partial charge in [-0.15, -0.1) is 0 Å². The smallest absolute Gasteiger partial charge is 0.243 e. The molecule has 0 aromatic heterocycles. The number of hydrogen-bond donors (Lipinski definition) is 1. The first-order chi connectivity index (χ1) is 9.38. The summed E-state index contributed by atoms with van der Waals surface area (Å²) in [7, 11) is -3.49. The summed E-state index contributed by atoms with van der Waals surface area (Å²) < 4.78 is 27.4. The molecule has 0 atom stereocenters. The average molecular weight is 298 g/mol. The van der Waals surface area contributed by atoms with Gasteiger partial charge in [-0.3, -0.25) is 0 Å². The first kappa shape index (κ1) is 17.1. The zero-order valence-electron chi connectivity index (χ0n) is 12.9. The van der Waals surface area contributed by atoms with Crippen LogP contribution in [-0.4, -0.2) is 31.9 Å². The number of sulfonamides is 1. The first-order valence-corrected chi connectivity index (χ1v) is 8.61. The van der Waals surface area contributed by atoms with Crippen LogP contribution in [0, 0.1) is 13.8 Å². The van der Waals surface area contributed by atoms with E-state index in [1.807, 2.05) is 39.8 Å². The molecule has 0 radical (unpaired) electrons. The molecule has 0 heterocycles. The fourth-order valence-electron chi connectivity index (χ4n) is 2.43. The Labute approximate surface area is 123 Å². The van der Waals surface area contributed by atoms with E-state index in [9.17, 15) is 8.42 Å². The molecule has 2 N–H and O–H groups in total. The van der Waals surface area contributed by atoms with Gasteiger partial charge < -0.3 is 5.73 Å². The van der Waals surface area contributed by atoms with Gasteiger partial charge in [0.05, 0.1) is 4.90 Å². The number of aryl methyl sites for hydroxylation is 2. The van der Waals surface area contributed by atoms with Crippen LogP contribution in [0.5, 0.6) is 0 Å². The lowest BCUT2D eigenvalue weighted by atomic mass is 10.2. The predicted octanol–water partition coefficient (Wildman–Crippen LogP) is 2.44. The molecule has 0 bridgehead atoms. The minimum Gasteiger partial charge on any atom is -0.329 e. The van der Waals surface area contributed by atoms with Crippen molar-refractivity contribution in [2.75, 3.05) is 13.1 Å². The van der Waals surface area contributed by atoms with Gasteiger partial charge in [0.15, 0.2) is 0 Å². The normalized spacial score (nSPS) is 12.3. The Hall–Kier alpha value is -0.910. The molecule has 0 amide bonds. The van der Waals surface area contributed by atoms with Crippen LogP contribution >= 0.6 is 0 Å². The van der Waals surface area contributed by atoms with Crippen LogP contribution in [-0.2, 0) is 10.0 Å². The lowest BCUT2D eigenvalue weighted by Gasteiger charge is -2.29. The zero-order valence-corrected chi connectivity index (χ0v) is 13.7. The fourth-order valence-corrected chi connectivity index (χ4v) is 4.53. The van der Waals surface area contributed by atoms with Crippen molar-refractivity contribution in [2.45, 2.75) is 51.5 Å². The van der Waals surface area contributed by atoms with Crippen molar-refractivity contribution < 1.29 is 8.42 Å². The topological polar surface area (TPSA) is 63.4 Å². The van der Waals surface area contributed by atoms with Crippen LogP contribution < -0.4 is 5.73 Å². The summed E-state index contributed by atoms with van der Waals surface area (Å²) in [4.78, 5) is 0.401. The van der Waals surface area contributed by atoms with Crippen LogP contribution in [0.15, 0.2) is 23.1 Å². The van der Waals surface area contributed by atoms with Crippen molar-refractivity contribution in [1.29, 1.82) is 0 Å². The molecule has 0 fully saturated rings. The molecule has 0 spiro atoms. The summed E-state index contributed by atoms with van der Waals surface area (Å²) >= 11 is 0. The second-order valence-corrected chi connectivity index (χ2v) is 7.00. The molecule has 4 nitrogen and oxygen atoms in total. The van der Waals surface area contributed by atoms with Gasteiger partial charge >= 0.3 is 0 Å². The van der Waals surface area contributed by atoms with Crippen LogP contribution in [0.3, 0.4) is 0 Å². The van der Waals surface area contributed by atoms with Crippen molar-refractivity contribution in [3.8, 4) is 0 Å². The number of nitrogens with two attached hydrogens (primary N) is 1. The Morgan fingerprint density at radius 1 is 1.20 bits per heavy atom. The second kappa shape index (κ2) is 7.20. The highest BCUT2D eigenvalue weighted by Crippen LogP contribution is 2.24. The predicted molar refractivity (Wildman–Crippen MR) is 83.2 cm³/mol. The molecular weight excluding hydrogens is 272 g/mol. The Morgan fingerprint density at radius 2 is 1.80 bits per heavy atom. The molecule has 5 heteroatoms. The minimum atomic E-state index is -3.49. The van der Waals surface area contributed by atoms with Gasteiger partial charge in [-0.2, -0.15) is 4.31 Å². The maximum atomic E-state index is 12.9. The molecule has 0 aliphatic heterocycles. The van der Waals surface area contributed by atoms with E-state index >= 15 is 0 Å². The van der Waals surface area contributed by atoms with E-state index in [2.05, 4.69) is 0 Å². The molecule has 0 saturated heterocycles. The largest absolute Gasteiger partial charge is 0.329 e. The summed E-state index contributed by atoms with van der Waals surface area (Å²) in [6.07, 6.45) is 1.58. The van der Waals surface area contributed by atoms with Gasteiger partial charge in [0.25, 0.3) is 0 Å². The van der Waals surface area contributed by atoms with Gasteiger partial charge in [-0.25, -0.2) is 8.42 Å². The van der Waals surface area contributed by atoms with Crippen LogP contribution in [0.1, 0.15) is 37.8 Å². The van der Waals surface area contributed by atoms with Gasteiger partial charge in [-0.1, -0.05) is 26.0 Å². The molecule has 0 aliphatic rings. The molecule has 1 aromatic carbocycles. The Morgan fingerprint density at radius 3 is 2.30 bits per heavy atom. The van der Waals surface area contributed by atoms with E-state index in [0.717, 1.165) is 24.0 Å². The number of rotatable bonds is 7. The molecule has 0 aliphatic carbocycles. The third kappa shape index (κ3) is 3.59. The van der Waals surface area contributed by atoms with Crippen molar-refractivity contribution in [1.82, 2.24) is 4.31 Å². The van der Waals surface area contributed by atoms with Gasteiger partial charge in [-0.05, 0) is 43.9 Å². The SMILES string of the molecule is CCC(CC)N(CCN)S(=O)(=O)c1cc(C)ccc1C. The lowest BCUT2D eigenvalue weighted by Crippen LogP contribution is -2.42. The summed E-state index contributed by atoms with van der Waals surface area (Å²) in [5.74, 6) is 0. The highest BCUT2D eigenvalue weighted by molar-refractivity contribution is 7.89. The Bertz CT molecular complexity index is 537. The number of benzene rings is 1. The van der Waals surface area contributed by atoms with E-state index in [-0.39, 0.29) is 6.04 Å². The highest BCUT2D eigenvalue weighted by Gasteiger charge is 2.30. The molecule has 1 aromatic rings. The molecule has 20 heavy (non-hydrogen) atoms. The van der Waals surface area contributed by atoms with Crippen LogP contribution in [0.25, 0.3) is 0 Å². The zero-order chi connectivity index (χ0) is 15.3. The first-order valence-electron chi connectivity index (χ1n) is 7.17.